The van der Waals surface area contributed by atoms with E-state index in [1.807, 2.05) is 114 Å². The van der Waals surface area contributed by atoms with Gasteiger partial charge in [-0.1, -0.05) is 90.7 Å². The molecule has 6 atom stereocenters. The topological polar surface area (TPSA) is 166 Å². The summed E-state index contributed by atoms with van der Waals surface area (Å²) in [6.07, 6.45) is -1.91. The van der Waals surface area contributed by atoms with Gasteiger partial charge < -0.3 is 43.2 Å². The van der Waals surface area contributed by atoms with Crippen LogP contribution in [0.15, 0.2) is 146 Å². The average Bonchev–Trinajstić information content (AvgIpc) is 4.31. The normalized spacial score (nSPS) is 22.6. The van der Waals surface area contributed by atoms with Crippen molar-refractivity contribution >= 4 is 29.6 Å². The van der Waals surface area contributed by atoms with Crippen LogP contribution in [-0.4, -0.2) is 123 Å². The van der Waals surface area contributed by atoms with Gasteiger partial charge in [0, 0.05) is 51.0 Å². The number of nitrogens with zero attached hydrogens (tertiary/aromatic N) is 4. The maximum Gasteiger partial charge on any atom is 0.421 e. The minimum absolute atomic E-state index is 0.0263. The fourth-order valence-corrected chi connectivity index (χ4v) is 11.6. The molecule has 3 amide bonds. The molecule has 76 heavy (non-hydrogen) atoms. The lowest BCUT2D eigenvalue weighted by Gasteiger charge is -2.46. The highest BCUT2D eigenvalue weighted by atomic mass is 16.7. The van der Waals surface area contributed by atoms with Gasteiger partial charge in [-0.15, -0.1) is 0 Å². The second-order valence-corrected chi connectivity index (χ2v) is 19.2. The van der Waals surface area contributed by atoms with E-state index in [-0.39, 0.29) is 52.0 Å². The Morgan fingerprint density at radius 1 is 0.697 bits per heavy atom. The van der Waals surface area contributed by atoms with Gasteiger partial charge in [0.1, 0.15) is 42.3 Å². The van der Waals surface area contributed by atoms with Crippen molar-refractivity contribution in [2.24, 2.45) is 5.92 Å². The van der Waals surface area contributed by atoms with Crippen LogP contribution < -0.4 is 23.8 Å². The molecule has 0 aliphatic carbocycles. The molecule has 6 unspecified atom stereocenters. The first-order valence-electron chi connectivity index (χ1n) is 25.3. The lowest BCUT2D eigenvalue weighted by molar-refractivity contribution is -0.179. The van der Waals surface area contributed by atoms with Crippen LogP contribution in [0, 0.1) is 17.8 Å². The summed E-state index contributed by atoms with van der Waals surface area (Å²) in [6.45, 7) is 1.81. The molecule has 1 N–H and O–H groups in total. The highest BCUT2D eigenvalue weighted by Gasteiger charge is 2.76. The van der Waals surface area contributed by atoms with E-state index in [4.69, 9.17) is 33.2 Å². The lowest BCUT2D eigenvalue weighted by Crippen LogP contribution is -2.59. The second-order valence-electron chi connectivity index (χ2n) is 19.2. The highest BCUT2D eigenvalue weighted by Crippen LogP contribution is 2.66. The SMILES string of the molecule is COCCOC(=O)N1C(=O)C2(c3cc(C#Cc4ccc(OC)cc4)ccc31)C(C(=O)N1CCN(Cc3ccc4c(c3)OCO4)CC1)C1C(=O)OC(c3ccccc3)C(c3ccccc3)N1C2c1cccc(OCCO)c1. The number of aliphatic hydroxyl groups excluding tert-OH is 1. The van der Waals surface area contributed by atoms with Crippen molar-refractivity contribution in [3.05, 3.63) is 185 Å². The number of carbonyl (C=O) groups excluding carboxylic acids is 4. The maximum absolute atomic E-state index is 16.7. The number of rotatable bonds is 13. The number of ether oxygens (including phenoxy) is 7. The number of anilines is 1. The van der Waals surface area contributed by atoms with Gasteiger partial charge >= 0.3 is 12.1 Å². The molecule has 1 spiro atoms. The molecule has 3 fully saturated rings. The summed E-state index contributed by atoms with van der Waals surface area (Å²) in [5.41, 5.74) is 2.58. The van der Waals surface area contributed by atoms with Crippen LogP contribution in [0.5, 0.6) is 23.0 Å². The van der Waals surface area contributed by atoms with Crippen LogP contribution in [0.4, 0.5) is 10.5 Å². The molecule has 6 aromatic carbocycles. The van der Waals surface area contributed by atoms with Crippen molar-refractivity contribution in [3.8, 4) is 34.8 Å². The third-order valence-corrected chi connectivity index (χ3v) is 14.9. The molecule has 5 aliphatic rings. The van der Waals surface area contributed by atoms with Gasteiger partial charge in [0.05, 0.1) is 44.0 Å². The molecule has 0 radical (unpaired) electrons. The molecule has 5 aliphatic heterocycles. The van der Waals surface area contributed by atoms with Crippen molar-refractivity contribution in [2.75, 3.05) is 78.5 Å². The fraction of sp³-hybridized carbons (Fsp3) is 0.300. The first-order valence-corrected chi connectivity index (χ1v) is 25.3. The molecule has 16 heteroatoms. The fourth-order valence-electron chi connectivity index (χ4n) is 11.6. The number of carbonyl (C=O) groups is 4. The summed E-state index contributed by atoms with van der Waals surface area (Å²) in [4.78, 5) is 70.6. The number of morpholine rings is 1. The smallest absolute Gasteiger partial charge is 0.421 e. The Morgan fingerprint density at radius 3 is 2.14 bits per heavy atom. The number of fused-ring (bicyclic) bond motifs is 4. The molecule has 16 nitrogen and oxygen atoms in total. The standard InChI is InChI=1S/C60H56N4O12/c1-70-32-33-73-59(69)63-48-24-20-40(17-16-39-18-22-45(71-2)23-19-39)34-47(48)60(58(63)68)51(56(66)62-28-26-61(27-29-62)37-41-21-25-49-50(35-41)75-38-74-49)53-57(67)76-54(43-12-7-4-8-13-43)52(42-10-5-3-6-11-42)64(53)55(60)44-14-9-15-46(36-44)72-31-30-65/h3-15,18-25,34-36,51-55,65H,26-33,37-38H2,1-2H3. The monoisotopic (exact) mass is 1020 g/mol. The lowest BCUT2D eigenvalue weighted by atomic mass is 9.64. The number of benzene rings is 6. The molecule has 3 saturated heterocycles. The molecule has 0 bridgehead atoms. The van der Waals surface area contributed by atoms with E-state index in [9.17, 15) is 9.90 Å². The molecule has 5 heterocycles. The third kappa shape index (κ3) is 9.15. The zero-order valence-electron chi connectivity index (χ0n) is 42.0. The van der Waals surface area contributed by atoms with Gasteiger partial charge in [-0.2, -0.15) is 0 Å². The minimum Gasteiger partial charge on any atom is -0.497 e. The van der Waals surface area contributed by atoms with E-state index in [0.29, 0.717) is 70.4 Å². The van der Waals surface area contributed by atoms with Gasteiger partial charge in [-0.25, -0.2) is 9.69 Å². The zero-order chi connectivity index (χ0) is 52.3. The maximum atomic E-state index is 16.7. The predicted molar refractivity (Wildman–Crippen MR) is 278 cm³/mol. The summed E-state index contributed by atoms with van der Waals surface area (Å²) < 4.78 is 40.4. The van der Waals surface area contributed by atoms with E-state index >= 15 is 14.4 Å². The number of cyclic esters (lactones) is 1. The first-order chi connectivity index (χ1) is 37.2. The van der Waals surface area contributed by atoms with Crippen LogP contribution in [0.1, 0.15) is 57.1 Å². The van der Waals surface area contributed by atoms with Crippen molar-refractivity contribution in [1.82, 2.24) is 14.7 Å². The summed E-state index contributed by atoms with van der Waals surface area (Å²) in [5.74, 6) is 5.51. The second kappa shape index (κ2) is 21.6. The predicted octanol–water partition coefficient (Wildman–Crippen LogP) is 6.99. The number of hydrogen-bond donors (Lipinski definition) is 1. The molecular formula is C60H56N4O12. The number of piperazine rings is 1. The molecule has 0 saturated carbocycles. The summed E-state index contributed by atoms with van der Waals surface area (Å²) in [6, 6.07) is 41.1. The van der Waals surface area contributed by atoms with Crippen LogP contribution in [0.3, 0.4) is 0 Å². The van der Waals surface area contributed by atoms with Crippen LogP contribution >= 0.6 is 0 Å². The van der Waals surface area contributed by atoms with E-state index in [2.05, 4.69) is 16.7 Å². The van der Waals surface area contributed by atoms with Gasteiger partial charge in [-0.3, -0.25) is 24.2 Å². The molecule has 0 aromatic heterocycles. The number of amides is 3. The largest absolute Gasteiger partial charge is 0.497 e. The Labute approximate surface area is 440 Å². The Balaban J connectivity index is 1.12. The van der Waals surface area contributed by atoms with Gasteiger partial charge in [0.2, 0.25) is 18.6 Å². The van der Waals surface area contributed by atoms with Crippen molar-refractivity contribution < 1.29 is 57.4 Å². The Morgan fingerprint density at radius 2 is 1.41 bits per heavy atom. The third-order valence-electron chi connectivity index (χ3n) is 14.9. The van der Waals surface area contributed by atoms with E-state index in [1.165, 1.54) is 7.11 Å². The Kier molecular flexibility index (Phi) is 14.2. The van der Waals surface area contributed by atoms with Crippen molar-refractivity contribution in [3.63, 3.8) is 0 Å². The van der Waals surface area contributed by atoms with E-state index in [0.717, 1.165) is 16.0 Å². The number of esters is 1. The summed E-state index contributed by atoms with van der Waals surface area (Å²) >= 11 is 0. The summed E-state index contributed by atoms with van der Waals surface area (Å²) in [5, 5.41) is 9.91. The van der Waals surface area contributed by atoms with Crippen LogP contribution in [0.2, 0.25) is 0 Å². The minimum atomic E-state index is -2.05. The molecule has 11 rings (SSSR count). The number of methoxy groups -OCH3 is 2. The van der Waals surface area contributed by atoms with E-state index < -0.39 is 59.4 Å². The quantitative estimate of drug-likeness (QED) is 0.0715. The zero-order valence-corrected chi connectivity index (χ0v) is 42.0. The van der Waals surface area contributed by atoms with Crippen LogP contribution in [0.25, 0.3) is 0 Å². The van der Waals surface area contributed by atoms with Crippen molar-refractivity contribution in [2.45, 2.75) is 36.2 Å². The van der Waals surface area contributed by atoms with E-state index in [1.54, 1.807) is 48.4 Å². The Bertz CT molecular complexity index is 3190. The van der Waals surface area contributed by atoms with Crippen LogP contribution in [-0.2, 0) is 40.6 Å². The van der Waals surface area contributed by atoms with Gasteiger partial charge in [0.15, 0.2) is 11.5 Å². The van der Waals surface area contributed by atoms with Gasteiger partial charge in [-0.05, 0) is 94.5 Å². The molecule has 388 valence electrons. The van der Waals surface area contributed by atoms with Gasteiger partial charge in [0.25, 0.3) is 0 Å². The number of imide groups is 1. The number of hydrogen-bond acceptors (Lipinski definition) is 14. The molecule has 6 aromatic rings. The van der Waals surface area contributed by atoms with Crippen molar-refractivity contribution in [1.29, 1.82) is 0 Å². The average molecular weight is 1030 g/mol. The number of aliphatic hydroxyl groups is 1. The summed E-state index contributed by atoms with van der Waals surface area (Å²) in [7, 11) is 3.06. The first kappa shape index (κ1) is 50.0. The Hall–Kier alpha value is -8.20. The molecular weight excluding hydrogens is 969 g/mol. The highest BCUT2D eigenvalue weighted by molar-refractivity contribution is 6.23.